The molecule has 11 heteroatoms. The number of benzene rings is 1. The zero-order valence-electron chi connectivity index (χ0n) is 18.1. The Morgan fingerprint density at radius 2 is 1.71 bits per heavy atom. The van der Waals surface area contributed by atoms with Crippen LogP contribution in [-0.2, 0) is 11.2 Å². The number of carbonyl (C=O) groups is 2. The number of anilines is 1. The Labute approximate surface area is 198 Å². The molecule has 2 bridgehead atoms. The van der Waals surface area contributed by atoms with Crippen LogP contribution in [0.25, 0.3) is 0 Å². The lowest BCUT2D eigenvalue weighted by atomic mass is 9.92. The summed E-state index contributed by atoms with van der Waals surface area (Å²) in [5.74, 6) is -2.34. The molecule has 34 heavy (non-hydrogen) atoms. The Balaban J connectivity index is 0.000000406. The molecular weight excluding hydrogens is 471 g/mol. The van der Waals surface area contributed by atoms with Gasteiger partial charge in [-0.1, -0.05) is 12.1 Å². The van der Waals surface area contributed by atoms with E-state index in [0.717, 1.165) is 29.0 Å². The first kappa shape index (κ1) is 25.5. The van der Waals surface area contributed by atoms with Crippen molar-refractivity contribution in [2.75, 3.05) is 11.4 Å². The largest absolute Gasteiger partial charge is 0.490 e. The first-order valence-corrected chi connectivity index (χ1v) is 11.6. The number of fused-ring (bicyclic) bond motifs is 2. The second-order valence-electron chi connectivity index (χ2n) is 8.41. The number of hydrogen-bond acceptors (Lipinski definition) is 5. The first-order chi connectivity index (χ1) is 16.1. The molecule has 0 radical (unpaired) electrons. The lowest BCUT2D eigenvalue weighted by Crippen LogP contribution is -2.43. The van der Waals surface area contributed by atoms with E-state index in [4.69, 9.17) is 15.2 Å². The number of alkyl halides is 3. The van der Waals surface area contributed by atoms with Crippen LogP contribution in [-0.4, -0.2) is 47.1 Å². The van der Waals surface area contributed by atoms with Crippen molar-refractivity contribution in [1.29, 1.82) is 5.26 Å². The molecule has 3 N–H and O–H groups in total. The van der Waals surface area contributed by atoms with Crippen LogP contribution in [0.2, 0.25) is 0 Å². The number of rotatable bonds is 5. The minimum Gasteiger partial charge on any atom is -0.475 e. The van der Waals surface area contributed by atoms with Crippen molar-refractivity contribution in [3.63, 3.8) is 0 Å². The van der Waals surface area contributed by atoms with Gasteiger partial charge in [0, 0.05) is 25.0 Å². The first-order valence-electron chi connectivity index (χ1n) is 10.7. The SMILES string of the molecule is N#Cc1ccc(Cc2ccsc2N(CC2CC3CCC(C2)N3)C(=O)O)cc1.O=C(O)C(F)(F)F. The van der Waals surface area contributed by atoms with Crippen molar-refractivity contribution in [3.05, 3.63) is 52.4 Å². The highest BCUT2D eigenvalue weighted by atomic mass is 32.1. The van der Waals surface area contributed by atoms with Gasteiger partial charge in [0.25, 0.3) is 0 Å². The highest BCUT2D eigenvalue weighted by molar-refractivity contribution is 7.14. The van der Waals surface area contributed by atoms with Crippen molar-refractivity contribution in [2.45, 2.75) is 50.4 Å². The van der Waals surface area contributed by atoms with Crippen LogP contribution in [0, 0.1) is 17.2 Å². The van der Waals surface area contributed by atoms with Crippen LogP contribution in [0.3, 0.4) is 0 Å². The Kier molecular flexibility index (Phi) is 8.17. The number of nitrogens with zero attached hydrogens (tertiary/aromatic N) is 2. The molecule has 0 spiro atoms. The third-order valence-electron chi connectivity index (χ3n) is 5.93. The number of nitriles is 1. The van der Waals surface area contributed by atoms with Crippen LogP contribution in [0.4, 0.5) is 23.0 Å². The number of carboxylic acids is 1. The number of aliphatic carboxylic acids is 1. The van der Waals surface area contributed by atoms with E-state index in [-0.39, 0.29) is 0 Å². The standard InChI is InChI=1S/C21H23N3O2S.C2HF3O2/c22-12-15-3-1-14(2-4-15)9-17-7-8-27-20(17)24(21(25)26)13-16-10-18-5-6-19(11-16)23-18;3-2(4,5)1(6)7/h1-4,7-8,16,18-19,23H,5-6,9-11,13H2,(H,25,26);(H,6,7). The van der Waals surface area contributed by atoms with Gasteiger partial charge in [0.05, 0.1) is 11.6 Å². The van der Waals surface area contributed by atoms with Crippen molar-refractivity contribution in [2.24, 2.45) is 5.92 Å². The number of hydrogen-bond donors (Lipinski definition) is 3. The molecule has 4 rings (SSSR count). The van der Waals surface area contributed by atoms with Crippen molar-refractivity contribution >= 4 is 28.4 Å². The predicted molar refractivity (Wildman–Crippen MR) is 120 cm³/mol. The van der Waals surface area contributed by atoms with Gasteiger partial charge in [-0.2, -0.15) is 18.4 Å². The van der Waals surface area contributed by atoms with Crippen LogP contribution in [0.1, 0.15) is 42.4 Å². The molecule has 2 saturated heterocycles. The molecule has 2 atom stereocenters. The number of piperidine rings is 1. The molecule has 0 aliphatic carbocycles. The highest BCUT2D eigenvalue weighted by Crippen LogP contribution is 2.35. The van der Waals surface area contributed by atoms with E-state index in [2.05, 4.69) is 11.4 Å². The zero-order valence-corrected chi connectivity index (χ0v) is 18.9. The van der Waals surface area contributed by atoms with Gasteiger partial charge in [-0.25, -0.2) is 9.59 Å². The van der Waals surface area contributed by atoms with Gasteiger partial charge < -0.3 is 15.5 Å². The summed E-state index contributed by atoms with van der Waals surface area (Å²) in [7, 11) is 0. The number of halogens is 3. The third-order valence-corrected chi connectivity index (χ3v) is 6.91. The van der Waals surface area contributed by atoms with E-state index in [9.17, 15) is 23.1 Å². The van der Waals surface area contributed by atoms with Gasteiger partial charge in [-0.3, -0.25) is 4.90 Å². The van der Waals surface area contributed by atoms with Crippen LogP contribution in [0.5, 0.6) is 0 Å². The van der Waals surface area contributed by atoms with Crippen molar-refractivity contribution < 1.29 is 33.0 Å². The maximum Gasteiger partial charge on any atom is 0.490 e. The van der Waals surface area contributed by atoms with E-state index in [0.29, 0.717) is 36.5 Å². The number of thiophene rings is 1. The fourth-order valence-electron chi connectivity index (χ4n) is 4.45. The smallest absolute Gasteiger partial charge is 0.475 e. The minimum atomic E-state index is -5.08. The Hall–Kier alpha value is -3.10. The monoisotopic (exact) mass is 495 g/mol. The second kappa shape index (κ2) is 10.9. The molecule has 2 aliphatic rings. The summed E-state index contributed by atoms with van der Waals surface area (Å²) in [5.41, 5.74) is 2.75. The van der Waals surface area contributed by atoms with Gasteiger partial charge >= 0.3 is 18.2 Å². The maximum atomic E-state index is 12.0. The minimum absolute atomic E-state index is 0.421. The average molecular weight is 496 g/mol. The maximum absolute atomic E-state index is 12.0. The van der Waals surface area contributed by atoms with Crippen LogP contribution in [0.15, 0.2) is 35.7 Å². The summed E-state index contributed by atoms with van der Waals surface area (Å²) in [4.78, 5) is 22.5. The van der Waals surface area contributed by atoms with Gasteiger partial charge in [0.2, 0.25) is 0 Å². The predicted octanol–water partition coefficient (Wildman–Crippen LogP) is 4.86. The number of nitrogens with one attached hydrogen (secondary N) is 1. The number of amides is 1. The normalized spacial score (nSPS) is 21.2. The van der Waals surface area contributed by atoms with E-state index >= 15 is 0 Å². The molecular formula is C23H24F3N3O4S. The average Bonchev–Trinajstić information content (AvgIpc) is 3.37. The molecule has 2 aliphatic heterocycles. The van der Waals surface area contributed by atoms with E-state index in [1.807, 2.05) is 23.6 Å². The molecule has 2 unspecified atom stereocenters. The highest BCUT2D eigenvalue weighted by Gasteiger charge is 2.38. The molecule has 0 saturated carbocycles. The van der Waals surface area contributed by atoms with Crippen LogP contribution < -0.4 is 10.2 Å². The lowest BCUT2D eigenvalue weighted by molar-refractivity contribution is -0.192. The molecule has 1 aromatic carbocycles. The van der Waals surface area contributed by atoms with E-state index in [1.54, 1.807) is 17.0 Å². The van der Waals surface area contributed by atoms with E-state index < -0.39 is 18.2 Å². The number of carboxylic acid groups (broad SMARTS) is 2. The molecule has 182 valence electrons. The molecule has 2 fully saturated rings. The fraction of sp³-hybridized carbons (Fsp3) is 0.435. The molecule has 3 heterocycles. The molecule has 1 aromatic heterocycles. The Bertz CT molecular complexity index is 1040. The Morgan fingerprint density at radius 3 is 2.21 bits per heavy atom. The fourth-order valence-corrected chi connectivity index (χ4v) is 5.38. The van der Waals surface area contributed by atoms with Crippen molar-refractivity contribution in [3.8, 4) is 6.07 Å². The summed E-state index contributed by atoms with van der Waals surface area (Å²) in [5, 5.41) is 32.3. The molecule has 1 amide bonds. The quantitative estimate of drug-likeness (QED) is 0.546. The Morgan fingerprint density at radius 1 is 1.12 bits per heavy atom. The summed E-state index contributed by atoms with van der Waals surface area (Å²) in [6, 6.07) is 12.8. The van der Waals surface area contributed by atoms with Gasteiger partial charge in [-0.05, 0) is 66.3 Å². The van der Waals surface area contributed by atoms with Gasteiger partial charge in [-0.15, -0.1) is 11.3 Å². The third kappa shape index (κ3) is 6.71. The van der Waals surface area contributed by atoms with Gasteiger partial charge in [0.1, 0.15) is 5.00 Å². The zero-order chi connectivity index (χ0) is 24.9. The van der Waals surface area contributed by atoms with Gasteiger partial charge in [0.15, 0.2) is 0 Å². The summed E-state index contributed by atoms with van der Waals surface area (Å²) in [6.45, 7) is 0.574. The second-order valence-corrected chi connectivity index (χ2v) is 9.30. The van der Waals surface area contributed by atoms with Crippen LogP contribution >= 0.6 is 11.3 Å². The summed E-state index contributed by atoms with van der Waals surface area (Å²) >= 11 is 1.50. The lowest BCUT2D eigenvalue weighted by Gasteiger charge is -2.32. The molecule has 7 nitrogen and oxygen atoms in total. The summed E-state index contributed by atoms with van der Waals surface area (Å²) in [6.07, 6.45) is -0.711. The molecule has 2 aromatic rings. The van der Waals surface area contributed by atoms with Crippen molar-refractivity contribution in [1.82, 2.24) is 5.32 Å². The van der Waals surface area contributed by atoms with E-state index in [1.165, 1.54) is 24.2 Å². The topological polar surface area (TPSA) is 114 Å². The summed E-state index contributed by atoms with van der Waals surface area (Å²) < 4.78 is 31.7.